The molecule has 1 amide bonds. The fourth-order valence-electron chi connectivity index (χ4n) is 2.00. The quantitative estimate of drug-likeness (QED) is 0.898. The van der Waals surface area contributed by atoms with Crippen molar-refractivity contribution in [3.05, 3.63) is 5.01 Å². The maximum Gasteiger partial charge on any atom is 0.284 e. The van der Waals surface area contributed by atoms with E-state index >= 15 is 0 Å². The number of hydrogen-bond donors (Lipinski definition) is 1. The number of hydrogen-bond acceptors (Lipinski definition) is 6. The first-order valence-electron chi connectivity index (χ1n) is 6.76. The number of likely N-dealkylation sites (N-methyl/N-ethyl adjacent to an activating group) is 1. The molecule has 0 spiro atoms. The molecule has 1 aromatic heterocycles. The molecule has 0 radical (unpaired) electrons. The van der Waals surface area contributed by atoms with Crippen molar-refractivity contribution in [1.29, 1.82) is 0 Å². The molecule has 2 rings (SSSR count). The van der Waals surface area contributed by atoms with Gasteiger partial charge in [0.05, 0.1) is 0 Å². The molecule has 1 saturated heterocycles. The summed E-state index contributed by atoms with van der Waals surface area (Å²) in [6.07, 6.45) is 2.04. The van der Waals surface area contributed by atoms with Crippen LogP contribution in [-0.2, 0) is 0 Å². The predicted octanol–water partition coefficient (Wildman–Crippen LogP) is 1.14. The van der Waals surface area contributed by atoms with Crippen LogP contribution in [0, 0.1) is 0 Å². The number of amides is 1. The Bertz CT molecular complexity index is 422. The van der Waals surface area contributed by atoms with E-state index in [0.29, 0.717) is 5.01 Å². The van der Waals surface area contributed by atoms with E-state index in [2.05, 4.69) is 34.4 Å². The molecule has 1 aliphatic heterocycles. The molecule has 0 atom stereocenters. The summed E-state index contributed by atoms with van der Waals surface area (Å²) in [6, 6.07) is 0. The molecule has 6 nitrogen and oxygen atoms in total. The van der Waals surface area contributed by atoms with Gasteiger partial charge in [-0.2, -0.15) is 0 Å². The van der Waals surface area contributed by atoms with Gasteiger partial charge in [0.25, 0.3) is 5.91 Å². The number of aromatic nitrogens is 2. The average molecular weight is 283 g/mol. The van der Waals surface area contributed by atoms with Gasteiger partial charge in [0.2, 0.25) is 10.1 Å². The maximum atomic E-state index is 12.3. The number of nitrogens with one attached hydrogen (secondary N) is 1. The highest BCUT2D eigenvalue weighted by atomic mass is 32.1. The fraction of sp³-hybridized carbons (Fsp3) is 0.750. The fourth-order valence-corrected chi connectivity index (χ4v) is 2.73. The van der Waals surface area contributed by atoms with Crippen molar-refractivity contribution in [3.63, 3.8) is 0 Å². The first-order chi connectivity index (χ1) is 9.20. The Morgan fingerprint density at radius 3 is 2.95 bits per heavy atom. The minimum absolute atomic E-state index is 0.0114. The topological polar surface area (TPSA) is 61.4 Å². The minimum atomic E-state index is 0.0114. The molecule has 0 unspecified atom stereocenters. The molecule has 0 aliphatic carbocycles. The third-order valence-corrected chi connectivity index (χ3v) is 4.01. The lowest BCUT2D eigenvalue weighted by molar-refractivity contribution is 0.0761. The second-order valence-electron chi connectivity index (χ2n) is 4.79. The predicted molar refractivity (Wildman–Crippen MR) is 76.7 cm³/mol. The van der Waals surface area contributed by atoms with Crippen molar-refractivity contribution < 1.29 is 4.79 Å². The van der Waals surface area contributed by atoms with Gasteiger partial charge in [-0.05, 0) is 26.4 Å². The number of rotatable bonds is 4. The highest BCUT2D eigenvalue weighted by Gasteiger charge is 2.22. The smallest absolute Gasteiger partial charge is 0.284 e. The van der Waals surface area contributed by atoms with Crippen molar-refractivity contribution in [2.24, 2.45) is 0 Å². The van der Waals surface area contributed by atoms with Gasteiger partial charge in [0.15, 0.2) is 0 Å². The Morgan fingerprint density at radius 2 is 2.16 bits per heavy atom. The van der Waals surface area contributed by atoms with Gasteiger partial charge >= 0.3 is 0 Å². The summed E-state index contributed by atoms with van der Waals surface area (Å²) in [5.41, 5.74) is 0. The summed E-state index contributed by atoms with van der Waals surface area (Å²) in [4.78, 5) is 16.5. The molecule has 2 heterocycles. The van der Waals surface area contributed by atoms with Gasteiger partial charge in [-0.1, -0.05) is 18.3 Å². The van der Waals surface area contributed by atoms with Crippen LogP contribution in [0.2, 0.25) is 0 Å². The summed E-state index contributed by atoms with van der Waals surface area (Å²) >= 11 is 1.34. The van der Waals surface area contributed by atoms with Crippen LogP contribution < -0.4 is 5.32 Å². The van der Waals surface area contributed by atoms with Gasteiger partial charge in [0.1, 0.15) is 0 Å². The first kappa shape index (κ1) is 14.2. The second-order valence-corrected chi connectivity index (χ2v) is 5.77. The van der Waals surface area contributed by atoms with Gasteiger partial charge in [-0.15, -0.1) is 10.2 Å². The van der Waals surface area contributed by atoms with E-state index in [1.807, 2.05) is 4.90 Å². The molecule has 1 aliphatic rings. The van der Waals surface area contributed by atoms with Crippen LogP contribution in [0.25, 0.3) is 0 Å². The van der Waals surface area contributed by atoms with E-state index < -0.39 is 0 Å². The molecule has 0 bridgehead atoms. The third kappa shape index (κ3) is 3.87. The van der Waals surface area contributed by atoms with Crippen LogP contribution in [0.15, 0.2) is 0 Å². The van der Waals surface area contributed by atoms with E-state index in [-0.39, 0.29) is 5.91 Å². The monoisotopic (exact) mass is 283 g/mol. The van der Waals surface area contributed by atoms with Crippen LogP contribution in [-0.4, -0.2) is 65.7 Å². The van der Waals surface area contributed by atoms with Crippen LogP contribution in [0.3, 0.4) is 0 Å². The van der Waals surface area contributed by atoms with Crippen molar-refractivity contribution >= 4 is 22.4 Å². The molecule has 7 heteroatoms. The van der Waals surface area contributed by atoms with E-state index in [9.17, 15) is 4.79 Å². The van der Waals surface area contributed by atoms with Crippen LogP contribution in [0.4, 0.5) is 5.13 Å². The molecule has 1 N–H and O–H groups in total. The third-order valence-electron chi connectivity index (χ3n) is 3.14. The van der Waals surface area contributed by atoms with Crippen LogP contribution >= 0.6 is 11.3 Å². The van der Waals surface area contributed by atoms with E-state index in [1.165, 1.54) is 11.3 Å². The summed E-state index contributed by atoms with van der Waals surface area (Å²) < 4.78 is 0. The number of anilines is 1. The zero-order chi connectivity index (χ0) is 13.7. The Balaban J connectivity index is 1.96. The van der Waals surface area contributed by atoms with Gasteiger partial charge in [-0.3, -0.25) is 4.79 Å². The zero-order valence-electron chi connectivity index (χ0n) is 11.6. The molecule has 19 heavy (non-hydrogen) atoms. The van der Waals surface area contributed by atoms with Crippen molar-refractivity contribution in [2.45, 2.75) is 19.8 Å². The lowest BCUT2D eigenvalue weighted by Crippen LogP contribution is -2.34. The van der Waals surface area contributed by atoms with Crippen molar-refractivity contribution in [3.8, 4) is 0 Å². The van der Waals surface area contributed by atoms with E-state index in [0.717, 1.165) is 50.7 Å². The number of carbonyl (C=O) groups excluding carboxylic acids is 1. The minimum Gasteiger partial charge on any atom is -0.360 e. The van der Waals surface area contributed by atoms with E-state index in [4.69, 9.17) is 0 Å². The number of carbonyl (C=O) groups is 1. The van der Waals surface area contributed by atoms with Crippen molar-refractivity contribution in [1.82, 2.24) is 20.0 Å². The summed E-state index contributed by atoms with van der Waals surface area (Å²) in [6.45, 7) is 6.49. The molecular weight excluding hydrogens is 262 g/mol. The van der Waals surface area contributed by atoms with E-state index in [1.54, 1.807) is 0 Å². The Kier molecular flexibility index (Phi) is 5.09. The summed E-state index contributed by atoms with van der Waals surface area (Å²) in [7, 11) is 2.09. The highest BCUT2D eigenvalue weighted by Crippen LogP contribution is 2.17. The Morgan fingerprint density at radius 1 is 1.32 bits per heavy atom. The maximum absolute atomic E-state index is 12.3. The highest BCUT2D eigenvalue weighted by molar-refractivity contribution is 7.17. The van der Waals surface area contributed by atoms with Gasteiger partial charge < -0.3 is 15.1 Å². The lowest BCUT2D eigenvalue weighted by atomic mass is 10.4. The molecule has 106 valence electrons. The largest absolute Gasteiger partial charge is 0.360 e. The Labute approximate surface area is 117 Å². The molecule has 0 saturated carbocycles. The molecule has 1 fully saturated rings. The second kappa shape index (κ2) is 6.81. The molecule has 1 aromatic rings. The SMILES string of the molecule is CCCNc1nnc(C(=O)N2CCCN(C)CC2)s1. The number of nitrogens with zero attached hydrogens (tertiary/aromatic N) is 4. The molecular formula is C12H21N5OS. The first-order valence-corrected chi connectivity index (χ1v) is 7.57. The van der Waals surface area contributed by atoms with Gasteiger partial charge in [0, 0.05) is 26.2 Å². The Hall–Kier alpha value is -1.21. The lowest BCUT2D eigenvalue weighted by Gasteiger charge is -2.18. The van der Waals surface area contributed by atoms with Crippen LogP contribution in [0.5, 0.6) is 0 Å². The standard InChI is InChI=1S/C12H21N5OS/c1-3-5-13-12-15-14-10(19-12)11(18)17-7-4-6-16(2)8-9-17/h3-9H2,1-2H3,(H,13,15). The van der Waals surface area contributed by atoms with Gasteiger partial charge in [-0.25, -0.2) is 0 Å². The normalized spacial score (nSPS) is 17.3. The van der Waals surface area contributed by atoms with Crippen LogP contribution in [0.1, 0.15) is 29.6 Å². The summed E-state index contributed by atoms with van der Waals surface area (Å²) in [5, 5.41) is 12.4. The van der Waals surface area contributed by atoms with Crippen molar-refractivity contribution in [2.75, 3.05) is 45.1 Å². The molecule has 0 aromatic carbocycles. The zero-order valence-corrected chi connectivity index (χ0v) is 12.4. The summed E-state index contributed by atoms with van der Waals surface area (Å²) in [5.74, 6) is 0.0114. The average Bonchev–Trinajstić information content (AvgIpc) is 2.78.